The van der Waals surface area contributed by atoms with E-state index in [2.05, 4.69) is 17.1 Å². The molecule has 122 valence electrons. The van der Waals surface area contributed by atoms with Gasteiger partial charge in [-0.25, -0.2) is 0 Å². The lowest BCUT2D eigenvalue weighted by atomic mass is 10.1. The zero-order valence-electron chi connectivity index (χ0n) is 14.1. The molecular formula is C17H26N2O3. The van der Waals surface area contributed by atoms with Crippen molar-refractivity contribution in [2.24, 2.45) is 5.92 Å². The van der Waals surface area contributed by atoms with Gasteiger partial charge in [0.05, 0.1) is 14.2 Å². The maximum absolute atomic E-state index is 11.8. The molecule has 0 bridgehead atoms. The SMILES string of the molecule is COc1ccc(C=CC(=O)NCC(C)CN(C)C)cc1OC. The number of benzene rings is 1. The van der Waals surface area contributed by atoms with Crippen LogP contribution in [-0.2, 0) is 4.79 Å². The van der Waals surface area contributed by atoms with Gasteiger partial charge in [-0.2, -0.15) is 0 Å². The van der Waals surface area contributed by atoms with E-state index in [1.54, 1.807) is 20.3 Å². The lowest BCUT2D eigenvalue weighted by Crippen LogP contribution is -2.31. The van der Waals surface area contributed by atoms with E-state index in [4.69, 9.17) is 9.47 Å². The minimum atomic E-state index is -0.0969. The predicted octanol–water partition coefficient (Wildman–Crippen LogP) is 2.03. The highest BCUT2D eigenvalue weighted by atomic mass is 16.5. The largest absolute Gasteiger partial charge is 0.493 e. The van der Waals surface area contributed by atoms with Crippen molar-refractivity contribution in [3.05, 3.63) is 29.8 Å². The molecule has 1 N–H and O–H groups in total. The molecule has 22 heavy (non-hydrogen) atoms. The first-order chi connectivity index (χ1) is 10.5. The maximum atomic E-state index is 11.8. The number of hydrogen-bond acceptors (Lipinski definition) is 4. The van der Waals surface area contributed by atoms with Gasteiger partial charge in [0.25, 0.3) is 0 Å². The van der Waals surface area contributed by atoms with Gasteiger partial charge in [0.2, 0.25) is 5.91 Å². The number of methoxy groups -OCH3 is 2. The molecule has 1 aromatic rings. The van der Waals surface area contributed by atoms with Crippen molar-refractivity contribution in [3.63, 3.8) is 0 Å². The number of hydrogen-bond donors (Lipinski definition) is 1. The van der Waals surface area contributed by atoms with Crippen LogP contribution in [0.5, 0.6) is 11.5 Å². The number of nitrogens with zero attached hydrogens (tertiary/aromatic N) is 1. The number of rotatable bonds is 8. The summed E-state index contributed by atoms with van der Waals surface area (Å²) in [7, 11) is 7.23. The van der Waals surface area contributed by atoms with E-state index in [-0.39, 0.29) is 5.91 Å². The molecule has 0 aliphatic carbocycles. The van der Waals surface area contributed by atoms with Crippen molar-refractivity contribution in [1.82, 2.24) is 10.2 Å². The molecule has 5 heteroatoms. The summed E-state index contributed by atoms with van der Waals surface area (Å²) in [6, 6.07) is 5.52. The van der Waals surface area contributed by atoms with Gasteiger partial charge in [0.15, 0.2) is 11.5 Å². The number of carbonyl (C=O) groups excluding carboxylic acids is 1. The van der Waals surface area contributed by atoms with Crippen LogP contribution < -0.4 is 14.8 Å². The van der Waals surface area contributed by atoms with Crippen LogP contribution in [-0.4, -0.2) is 52.2 Å². The summed E-state index contributed by atoms with van der Waals surface area (Å²) in [5.74, 6) is 1.63. The molecule has 0 fully saturated rings. The summed E-state index contributed by atoms with van der Waals surface area (Å²) < 4.78 is 10.4. The maximum Gasteiger partial charge on any atom is 0.244 e. The molecule has 1 aromatic carbocycles. The highest BCUT2D eigenvalue weighted by Gasteiger charge is 2.05. The van der Waals surface area contributed by atoms with Crippen molar-refractivity contribution in [2.75, 3.05) is 41.4 Å². The lowest BCUT2D eigenvalue weighted by molar-refractivity contribution is -0.116. The van der Waals surface area contributed by atoms with E-state index in [1.807, 2.05) is 32.3 Å². The van der Waals surface area contributed by atoms with E-state index in [9.17, 15) is 4.79 Å². The Bertz CT molecular complexity index is 513. The number of ether oxygens (including phenoxy) is 2. The Hall–Kier alpha value is -2.01. The monoisotopic (exact) mass is 306 g/mol. The molecule has 0 aromatic heterocycles. The third kappa shape index (κ3) is 6.18. The molecule has 0 saturated carbocycles. The van der Waals surface area contributed by atoms with Crippen LogP contribution in [0.2, 0.25) is 0 Å². The smallest absolute Gasteiger partial charge is 0.244 e. The summed E-state index contributed by atoms with van der Waals surface area (Å²) >= 11 is 0. The summed E-state index contributed by atoms with van der Waals surface area (Å²) in [6.07, 6.45) is 3.29. The van der Waals surface area contributed by atoms with Gasteiger partial charge in [-0.15, -0.1) is 0 Å². The molecule has 0 heterocycles. The van der Waals surface area contributed by atoms with Crippen LogP contribution in [0.15, 0.2) is 24.3 Å². The van der Waals surface area contributed by atoms with Crippen molar-refractivity contribution in [1.29, 1.82) is 0 Å². The van der Waals surface area contributed by atoms with Crippen molar-refractivity contribution < 1.29 is 14.3 Å². The van der Waals surface area contributed by atoms with Gasteiger partial charge >= 0.3 is 0 Å². The minimum absolute atomic E-state index is 0.0969. The van der Waals surface area contributed by atoms with Crippen LogP contribution in [0.4, 0.5) is 0 Å². The average Bonchev–Trinajstić information content (AvgIpc) is 2.49. The molecule has 5 nitrogen and oxygen atoms in total. The first-order valence-corrected chi connectivity index (χ1v) is 7.29. The first-order valence-electron chi connectivity index (χ1n) is 7.29. The highest BCUT2D eigenvalue weighted by molar-refractivity contribution is 5.91. The standard InChI is InChI=1S/C17H26N2O3/c1-13(12-19(2)3)11-18-17(20)9-7-14-6-8-15(21-4)16(10-14)22-5/h6-10,13H,11-12H2,1-5H3,(H,18,20). The van der Waals surface area contributed by atoms with Gasteiger partial charge in [0, 0.05) is 19.2 Å². The second-order valence-electron chi connectivity index (χ2n) is 5.56. The molecule has 1 amide bonds. The Morgan fingerprint density at radius 3 is 2.55 bits per heavy atom. The van der Waals surface area contributed by atoms with Gasteiger partial charge in [-0.05, 0) is 43.8 Å². The Labute approximate surface area is 132 Å². The van der Waals surface area contributed by atoms with Crippen molar-refractivity contribution in [3.8, 4) is 11.5 Å². The van der Waals surface area contributed by atoms with Crippen molar-refractivity contribution >= 4 is 12.0 Å². The summed E-state index contributed by atoms with van der Waals surface area (Å²) in [5, 5.41) is 2.90. The van der Waals surface area contributed by atoms with E-state index in [1.165, 1.54) is 6.08 Å². The van der Waals surface area contributed by atoms with Crippen LogP contribution in [0.25, 0.3) is 6.08 Å². The zero-order chi connectivity index (χ0) is 16.5. The quantitative estimate of drug-likeness (QED) is 0.747. The lowest BCUT2D eigenvalue weighted by Gasteiger charge is -2.16. The normalized spacial score (nSPS) is 12.5. The molecule has 0 aliphatic rings. The summed E-state index contributed by atoms with van der Waals surface area (Å²) in [6.45, 7) is 3.71. The second-order valence-corrected chi connectivity index (χ2v) is 5.56. The molecular weight excluding hydrogens is 280 g/mol. The minimum Gasteiger partial charge on any atom is -0.493 e. The van der Waals surface area contributed by atoms with E-state index < -0.39 is 0 Å². The van der Waals surface area contributed by atoms with E-state index in [0.717, 1.165) is 12.1 Å². The van der Waals surface area contributed by atoms with Crippen LogP contribution in [0.3, 0.4) is 0 Å². The fourth-order valence-electron chi connectivity index (χ4n) is 2.15. The number of carbonyl (C=O) groups is 1. The highest BCUT2D eigenvalue weighted by Crippen LogP contribution is 2.27. The average molecular weight is 306 g/mol. The molecule has 0 aliphatic heterocycles. The van der Waals surface area contributed by atoms with Crippen LogP contribution in [0.1, 0.15) is 12.5 Å². The fraction of sp³-hybridized carbons (Fsp3) is 0.471. The molecule has 1 unspecified atom stereocenters. The second kappa shape index (κ2) is 9.10. The van der Waals surface area contributed by atoms with Crippen LogP contribution in [0, 0.1) is 5.92 Å². The molecule has 0 radical (unpaired) electrons. The fourth-order valence-corrected chi connectivity index (χ4v) is 2.15. The molecule has 0 spiro atoms. The zero-order valence-corrected chi connectivity index (χ0v) is 14.1. The Balaban J connectivity index is 2.55. The summed E-state index contributed by atoms with van der Waals surface area (Å²) in [5.41, 5.74) is 0.883. The van der Waals surface area contributed by atoms with Gasteiger partial charge < -0.3 is 19.7 Å². The molecule has 1 atom stereocenters. The van der Waals surface area contributed by atoms with Crippen molar-refractivity contribution in [2.45, 2.75) is 6.92 Å². The predicted molar refractivity (Wildman–Crippen MR) is 89.3 cm³/mol. The van der Waals surface area contributed by atoms with E-state index in [0.29, 0.717) is 24.0 Å². The Morgan fingerprint density at radius 1 is 1.27 bits per heavy atom. The summed E-state index contributed by atoms with van der Waals surface area (Å²) in [4.78, 5) is 13.9. The third-order valence-corrected chi connectivity index (χ3v) is 3.14. The number of nitrogens with one attached hydrogen (secondary N) is 1. The van der Waals surface area contributed by atoms with E-state index >= 15 is 0 Å². The number of amides is 1. The van der Waals surface area contributed by atoms with Gasteiger partial charge in [0.1, 0.15) is 0 Å². The van der Waals surface area contributed by atoms with Gasteiger partial charge in [-0.3, -0.25) is 4.79 Å². The first kappa shape index (κ1) is 18.0. The Kier molecular flexibility index (Phi) is 7.46. The Morgan fingerprint density at radius 2 is 1.95 bits per heavy atom. The topological polar surface area (TPSA) is 50.8 Å². The van der Waals surface area contributed by atoms with Crippen LogP contribution >= 0.6 is 0 Å². The third-order valence-electron chi connectivity index (χ3n) is 3.14. The molecule has 0 saturated heterocycles. The molecule has 1 rings (SSSR count). The van der Waals surface area contributed by atoms with Gasteiger partial charge in [-0.1, -0.05) is 13.0 Å².